The number of nitrogens with one attached hydrogen (secondary N) is 1. The molecule has 0 spiro atoms. The van der Waals surface area contributed by atoms with Crippen LogP contribution in [0.5, 0.6) is 0 Å². The van der Waals surface area contributed by atoms with Crippen molar-refractivity contribution in [1.82, 2.24) is 4.57 Å². The van der Waals surface area contributed by atoms with E-state index >= 15 is 0 Å². The third kappa shape index (κ3) is 1.92. The molecule has 1 N–H and O–H groups in total. The van der Waals surface area contributed by atoms with Gasteiger partial charge in [0.25, 0.3) is 5.91 Å². The number of aromatic nitrogens is 1. The zero-order chi connectivity index (χ0) is 15.1. The Bertz CT molecular complexity index is 942. The molecule has 1 aliphatic heterocycles. The first-order chi connectivity index (χ1) is 10.7. The molecule has 4 nitrogen and oxygen atoms in total. The van der Waals surface area contributed by atoms with Crippen LogP contribution in [0, 0.1) is 0 Å². The molecule has 0 atom stereocenters. The molecule has 22 heavy (non-hydrogen) atoms. The molecule has 0 bridgehead atoms. The Hall–Kier alpha value is -2.88. The van der Waals surface area contributed by atoms with Crippen molar-refractivity contribution >= 4 is 22.5 Å². The molecule has 0 radical (unpaired) electrons. The van der Waals surface area contributed by atoms with Gasteiger partial charge in [0.15, 0.2) is 0 Å². The minimum absolute atomic E-state index is 0.190. The fraction of sp³-hybridized carbons (Fsp3) is 0.111. The molecule has 4 heteroatoms. The average molecular weight is 290 g/mol. The highest BCUT2D eigenvalue weighted by Crippen LogP contribution is 2.24. The number of pyridine rings is 1. The van der Waals surface area contributed by atoms with Crippen molar-refractivity contribution in [2.75, 3.05) is 5.32 Å². The van der Waals surface area contributed by atoms with Crippen molar-refractivity contribution in [1.29, 1.82) is 0 Å². The first-order valence-electron chi connectivity index (χ1n) is 7.25. The zero-order valence-electron chi connectivity index (χ0n) is 11.9. The lowest BCUT2D eigenvalue weighted by Gasteiger charge is -2.09. The number of hydrogen-bond acceptors (Lipinski definition) is 2. The molecule has 2 heterocycles. The van der Waals surface area contributed by atoms with Gasteiger partial charge in [-0.25, -0.2) is 0 Å². The Morgan fingerprint density at radius 1 is 1.05 bits per heavy atom. The van der Waals surface area contributed by atoms with Crippen LogP contribution in [0.2, 0.25) is 0 Å². The van der Waals surface area contributed by atoms with Crippen LogP contribution >= 0.6 is 0 Å². The molecule has 0 unspecified atom stereocenters. The van der Waals surface area contributed by atoms with Crippen LogP contribution in [0.1, 0.15) is 15.9 Å². The first-order valence-corrected chi connectivity index (χ1v) is 7.25. The number of benzene rings is 2. The van der Waals surface area contributed by atoms with Crippen LogP contribution in [0.15, 0.2) is 59.5 Å². The second-order valence-corrected chi connectivity index (χ2v) is 5.45. The highest BCUT2D eigenvalue weighted by molar-refractivity contribution is 6.06. The molecule has 0 aliphatic carbocycles. The van der Waals surface area contributed by atoms with E-state index in [9.17, 15) is 9.59 Å². The summed E-state index contributed by atoms with van der Waals surface area (Å²) in [6.07, 6.45) is 2.58. The molecule has 0 fully saturated rings. The fourth-order valence-corrected chi connectivity index (χ4v) is 3.04. The standard InChI is InChI=1S/C18H14N2O2/c21-17-14-8-4-5-12-9-10-20(16(12)14)11-15(17)18(22)19-13-6-2-1-3-7-13/h1-8,11H,9-10H2,(H,19,22). The number of nitrogens with zero attached hydrogens (tertiary/aromatic N) is 1. The van der Waals surface area contributed by atoms with Crippen LogP contribution in [-0.4, -0.2) is 10.5 Å². The molecular formula is C18H14N2O2. The minimum atomic E-state index is -0.362. The van der Waals surface area contributed by atoms with E-state index in [-0.39, 0.29) is 16.9 Å². The van der Waals surface area contributed by atoms with Crippen LogP contribution < -0.4 is 10.7 Å². The smallest absolute Gasteiger partial charge is 0.261 e. The SMILES string of the molecule is O=C(Nc1ccccc1)c1cn2c3c(cccc3c1=O)CC2. The van der Waals surface area contributed by atoms with E-state index < -0.39 is 0 Å². The normalized spacial score (nSPS) is 12.5. The Labute approximate surface area is 127 Å². The van der Waals surface area contributed by atoms with Gasteiger partial charge in [-0.3, -0.25) is 9.59 Å². The van der Waals surface area contributed by atoms with Crippen molar-refractivity contribution in [3.63, 3.8) is 0 Å². The van der Waals surface area contributed by atoms with Crippen LogP contribution in [0.25, 0.3) is 10.9 Å². The van der Waals surface area contributed by atoms with Crippen molar-refractivity contribution in [2.45, 2.75) is 13.0 Å². The maximum atomic E-state index is 12.6. The van der Waals surface area contributed by atoms with Crippen molar-refractivity contribution in [3.8, 4) is 0 Å². The topological polar surface area (TPSA) is 51.1 Å². The van der Waals surface area contributed by atoms with E-state index in [4.69, 9.17) is 0 Å². The number of para-hydroxylation sites is 2. The van der Waals surface area contributed by atoms with Crippen LogP contribution in [-0.2, 0) is 13.0 Å². The lowest BCUT2D eigenvalue weighted by atomic mass is 10.1. The number of carbonyl (C=O) groups is 1. The van der Waals surface area contributed by atoms with Gasteiger partial charge in [-0.05, 0) is 30.2 Å². The molecule has 3 aromatic rings. The lowest BCUT2D eigenvalue weighted by Crippen LogP contribution is -2.23. The monoisotopic (exact) mass is 290 g/mol. The molecular weight excluding hydrogens is 276 g/mol. The van der Waals surface area contributed by atoms with E-state index in [1.165, 1.54) is 5.56 Å². The van der Waals surface area contributed by atoms with Crippen molar-refractivity contribution in [3.05, 3.63) is 76.1 Å². The Balaban J connectivity index is 1.82. The summed E-state index contributed by atoms with van der Waals surface area (Å²) in [5, 5.41) is 3.40. The molecule has 1 aromatic heterocycles. The van der Waals surface area contributed by atoms with Gasteiger partial charge in [-0.1, -0.05) is 30.3 Å². The maximum absolute atomic E-state index is 12.6. The lowest BCUT2D eigenvalue weighted by molar-refractivity contribution is 0.102. The Kier molecular flexibility index (Phi) is 2.82. The van der Waals surface area contributed by atoms with Gasteiger partial charge >= 0.3 is 0 Å². The second kappa shape index (κ2) is 4.84. The van der Waals surface area contributed by atoms with Crippen LogP contribution in [0.4, 0.5) is 5.69 Å². The maximum Gasteiger partial charge on any atom is 0.261 e. The number of aryl methyl sites for hydroxylation is 2. The molecule has 1 aliphatic rings. The summed E-state index contributed by atoms with van der Waals surface area (Å²) < 4.78 is 2.01. The van der Waals surface area contributed by atoms with E-state index in [1.54, 1.807) is 24.4 Å². The first kappa shape index (κ1) is 12.8. The number of carbonyl (C=O) groups excluding carboxylic acids is 1. The quantitative estimate of drug-likeness (QED) is 0.789. The molecule has 2 aromatic carbocycles. The third-order valence-electron chi connectivity index (χ3n) is 4.08. The van der Waals surface area contributed by atoms with E-state index in [0.717, 1.165) is 18.5 Å². The predicted molar refractivity (Wildman–Crippen MR) is 86.3 cm³/mol. The highest BCUT2D eigenvalue weighted by atomic mass is 16.2. The predicted octanol–water partition coefficient (Wildman–Crippen LogP) is 2.81. The number of hydrogen-bond donors (Lipinski definition) is 1. The van der Waals surface area contributed by atoms with Gasteiger partial charge in [-0.2, -0.15) is 0 Å². The molecule has 0 saturated heterocycles. The van der Waals surface area contributed by atoms with Gasteiger partial charge in [0.05, 0.1) is 5.52 Å². The Morgan fingerprint density at radius 2 is 1.86 bits per heavy atom. The van der Waals surface area contributed by atoms with Gasteiger partial charge in [0.2, 0.25) is 5.43 Å². The Morgan fingerprint density at radius 3 is 2.68 bits per heavy atom. The number of anilines is 1. The van der Waals surface area contributed by atoms with E-state index in [0.29, 0.717) is 11.1 Å². The van der Waals surface area contributed by atoms with Gasteiger partial charge in [0, 0.05) is 23.8 Å². The fourth-order valence-electron chi connectivity index (χ4n) is 3.04. The summed E-state index contributed by atoms with van der Waals surface area (Å²) in [7, 11) is 0. The zero-order valence-corrected chi connectivity index (χ0v) is 11.9. The molecule has 4 rings (SSSR count). The third-order valence-corrected chi connectivity index (χ3v) is 4.08. The summed E-state index contributed by atoms with van der Waals surface area (Å²) in [5.41, 5.74) is 2.80. The minimum Gasteiger partial charge on any atom is -0.346 e. The van der Waals surface area contributed by atoms with Gasteiger partial charge in [-0.15, -0.1) is 0 Å². The van der Waals surface area contributed by atoms with Gasteiger partial charge < -0.3 is 9.88 Å². The molecule has 0 saturated carbocycles. The largest absolute Gasteiger partial charge is 0.346 e. The van der Waals surface area contributed by atoms with Crippen LogP contribution in [0.3, 0.4) is 0 Å². The summed E-state index contributed by atoms with van der Waals surface area (Å²) in [4.78, 5) is 25.1. The van der Waals surface area contributed by atoms with E-state index in [1.807, 2.05) is 34.9 Å². The summed E-state index contributed by atoms with van der Waals surface area (Å²) >= 11 is 0. The summed E-state index contributed by atoms with van der Waals surface area (Å²) in [6, 6.07) is 14.9. The molecule has 108 valence electrons. The number of rotatable bonds is 2. The second-order valence-electron chi connectivity index (χ2n) is 5.45. The molecule has 1 amide bonds. The summed E-state index contributed by atoms with van der Waals surface area (Å²) in [6.45, 7) is 0.807. The van der Waals surface area contributed by atoms with Gasteiger partial charge in [0.1, 0.15) is 5.56 Å². The van der Waals surface area contributed by atoms with E-state index in [2.05, 4.69) is 5.32 Å². The number of amides is 1. The highest BCUT2D eigenvalue weighted by Gasteiger charge is 2.20. The van der Waals surface area contributed by atoms with Crippen molar-refractivity contribution in [2.24, 2.45) is 0 Å². The van der Waals surface area contributed by atoms with Crippen molar-refractivity contribution < 1.29 is 4.79 Å². The average Bonchev–Trinajstić information content (AvgIpc) is 2.96. The summed E-state index contributed by atoms with van der Waals surface area (Å²) in [5.74, 6) is -0.362.